The average molecular weight is 273 g/mol. The first kappa shape index (κ1) is 13.8. The lowest BCUT2D eigenvalue weighted by atomic mass is 10.2. The van der Waals surface area contributed by atoms with Gasteiger partial charge in [0.2, 0.25) is 0 Å². The monoisotopic (exact) mass is 273 g/mol. The van der Waals surface area contributed by atoms with E-state index in [1.54, 1.807) is 0 Å². The van der Waals surface area contributed by atoms with Crippen molar-refractivity contribution in [1.82, 2.24) is 9.97 Å². The minimum absolute atomic E-state index is 0.0867. The molecule has 0 radical (unpaired) electrons. The van der Waals surface area contributed by atoms with Crippen LogP contribution >= 0.6 is 0 Å². The number of benzene rings is 1. The third-order valence-electron chi connectivity index (χ3n) is 2.63. The van der Waals surface area contributed by atoms with Crippen LogP contribution in [0.3, 0.4) is 0 Å². The molecule has 6 heteroatoms. The van der Waals surface area contributed by atoms with Gasteiger partial charge in [-0.15, -0.1) is 0 Å². The predicted octanol–water partition coefficient (Wildman–Crippen LogP) is 1.91. The summed E-state index contributed by atoms with van der Waals surface area (Å²) in [5, 5.41) is 0. The number of hydrogen-bond acceptors (Lipinski definition) is 6. The van der Waals surface area contributed by atoms with Crippen molar-refractivity contribution in [2.75, 3.05) is 19.5 Å². The van der Waals surface area contributed by atoms with Gasteiger partial charge in [0, 0.05) is 11.8 Å². The molecule has 0 aliphatic carbocycles. The highest BCUT2D eigenvalue weighted by atomic mass is 16.5. The maximum Gasteiger partial charge on any atom is 0.343 e. The number of nitrogens with two attached hydrogens (primary N) is 1. The van der Waals surface area contributed by atoms with Crippen LogP contribution in [0.4, 0.5) is 5.82 Å². The van der Waals surface area contributed by atoms with Crippen LogP contribution in [0.5, 0.6) is 5.75 Å². The Labute approximate surface area is 116 Å². The molecule has 0 aliphatic heterocycles. The summed E-state index contributed by atoms with van der Waals surface area (Å²) < 4.78 is 10.0. The molecule has 0 unspecified atom stereocenters. The highest BCUT2D eigenvalue weighted by Gasteiger charge is 2.13. The first-order valence-electron chi connectivity index (χ1n) is 6.09. The van der Waals surface area contributed by atoms with Gasteiger partial charge in [-0.3, -0.25) is 0 Å². The molecular formula is C14H15N3O3. The van der Waals surface area contributed by atoms with E-state index in [-0.39, 0.29) is 11.4 Å². The van der Waals surface area contributed by atoms with Crippen LogP contribution in [0.1, 0.15) is 17.3 Å². The fourth-order valence-corrected chi connectivity index (χ4v) is 1.69. The van der Waals surface area contributed by atoms with E-state index in [9.17, 15) is 4.79 Å². The van der Waals surface area contributed by atoms with E-state index < -0.39 is 5.97 Å². The Morgan fingerprint density at radius 3 is 2.85 bits per heavy atom. The summed E-state index contributed by atoms with van der Waals surface area (Å²) in [7, 11) is 1.28. The number of ether oxygens (including phenoxy) is 2. The molecule has 0 fully saturated rings. The van der Waals surface area contributed by atoms with Crippen LogP contribution in [0, 0.1) is 0 Å². The van der Waals surface area contributed by atoms with Crippen molar-refractivity contribution in [1.29, 1.82) is 0 Å². The zero-order valence-corrected chi connectivity index (χ0v) is 11.3. The number of nitrogen functional groups attached to an aromatic ring is 1. The van der Waals surface area contributed by atoms with Gasteiger partial charge in [-0.1, -0.05) is 12.1 Å². The Hall–Kier alpha value is -2.63. The largest absolute Gasteiger partial charge is 0.494 e. The van der Waals surface area contributed by atoms with Gasteiger partial charge in [-0.05, 0) is 19.1 Å². The van der Waals surface area contributed by atoms with E-state index in [0.29, 0.717) is 12.4 Å². The quantitative estimate of drug-likeness (QED) is 0.856. The van der Waals surface area contributed by atoms with Crippen molar-refractivity contribution in [3.8, 4) is 17.1 Å². The molecule has 0 saturated heterocycles. The van der Waals surface area contributed by atoms with E-state index in [2.05, 4.69) is 14.7 Å². The number of nitrogens with zero attached hydrogens (tertiary/aromatic N) is 2. The van der Waals surface area contributed by atoms with Crippen LogP contribution in [0.15, 0.2) is 30.5 Å². The minimum atomic E-state index is -0.558. The Balaban J connectivity index is 2.36. The molecule has 0 saturated carbocycles. The third kappa shape index (κ3) is 2.85. The molecule has 0 aliphatic rings. The zero-order chi connectivity index (χ0) is 14.5. The van der Waals surface area contributed by atoms with E-state index in [1.165, 1.54) is 13.3 Å². The number of aromatic nitrogens is 2. The second-order valence-electron chi connectivity index (χ2n) is 3.94. The molecule has 1 heterocycles. The maximum absolute atomic E-state index is 11.4. The van der Waals surface area contributed by atoms with Gasteiger partial charge in [-0.25, -0.2) is 14.8 Å². The van der Waals surface area contributed by atoms with E-state index in [4.69, 9.17) is 10.5 Å². The molecule has 1 aromatic carbocycles. The molecule has 0 amide bonds. The Bertz CT molecular complexity index is 629. The number of carbonyl (C=O) groups excluding carboxylic acids is 1. The minimum Gasteiger partial charge on any atom is -0.494 e. The highest BCUT2D eigenvalue weighted by Crippen LogP contribution is 2.22. The second kappa shape index (κ2) is 6.01. The van der Waals surface area contributed by atoms with Gasteiger partial charge in [-0.2, -0.15) is 0 Å². The fraction of sp³-hybridized carbons (Fsp3) is 0.214. The topological polar surface area (TPSA) is 87.3 Å². The van der Waals surface area contributed by atoms with Crippen molar-refractivity contribution in [3.63, 3.8) is 0 Å². The summed E-state index contributed by atoms with van der Waals surface area (Å²) in [6, 6.07) is 7.35. The van der Waals surface area contributed by atoms with Gasteiger partial charge in [0.25, 0.3) is 0 Å². The Morgan fingerprint density at radius 1 is 1.40 bits per heavy atom. The lowest BCUT2D eigenvalue weighted by Gasteiger charge is -2.07. The van der Waals surface area contributed by atoms with Gasteiger partial charge in [0.1, 0.15) is 17.1 Å². The van der Waals surface area contributed by atoms with Crippen molar-refractivity contribution < 1.29 is 14.3 Å². The third-order valence-corrected chi connectivity index (χ3v) is 2.63. The number of carbonyl (C=O) groups is 1. The van der Waals surface area contributed by atoms with Gasteiger partial charge >= 0.3 is 5.97 Å². The summed E-state index contributed by atoms with van der Waals surface area (Å²) in [5.74, 6) is 0.682. The van der Waals surface area contributed by atoms with Crippen molar-refractivity contribution in [2.45, 2.75) is 6.92 Å². The lowest BCUT2D eigenvalue weighted by Crippen LogP contribution is -2.09. The number of rotatable bonds is 4. The average Bonchev–Trinajstić information content (AvgIpc) is 2.47. The molecule has 0 bridgehead atoms. The normalized spacial score (nSPS) is 10.1. The number of methoxy groups -OCH3 is 1. The molecular weight excluding hydrogens is 258 g/mol. The standard InChI is InChI=1S/C14H15N3O3/c1-3-20-10-6-4-5-9(7-10)13-16-8-11(12(15)17-13)14(18)19-2/h4-8H,3H2,1-2H3,(H2,15,16,17). The molecule has 0 spiro atoms. The second-order valence-corrected chi connectivity index (χ2v) is 3.94. The smallest absolute Gasteiger partial charge is 0.343 e. The van der Waals surface area contributed by atoms with Gasteiger partial charge in [0.05, 0.1) is 13.7 Å². The van der Waals surface area contributed by atoms with E-state index in [1.807, 2.05) is 31.2 Å². The van der Waals surface area contributed by atoms with Crippen LogP contribution in [-0.4, -0.2) is 29.7 Å². The van der Waals surface area contributed by atoms with Crippen LogP contribution in [-0.2, 0) is 4.74 Å². The summed E-state index contributed by atoms with van der Waals surface area (Å²) in [6.07, 6.45) is 1.36. The first-order valence-corrected chi connectivity index (χ1v) is 6.09. The molecule has 6 nitrogen and oxygen atoms in total. The molecule has 2 aromatic rings. The summed E-state index contributed by atoms with van der Waals surface area (Å²) >= 11 is 0. The molecule has 1 aromatic heterocycles. The Morgan fingerprint density at radius 2 is 2.20 bits per heavy atom. The van der Waals surface area contributed by atoms with Crippen molar-refractivity contribution >= 4 is 11.8 Å². The van der Waals surface area contributed by atoms with E-state index >= 15 is 0 Å². The van der Waals surface area contributed by atoms with Crippen molar-refractivity contribution in [3.05, 3.63) is 36.0 Å². The summed E-state index contributed by atoms with van der Waals surface area (Å²) in [6.45, 7) is 2.49. The lowest BCUT2D eigenvalue weighted by molar-refractivity contribution is 0.0601. The number of hydrogen-bond donors (Lipinski definition) is 1. The highest BCUT2D eigenvalue weighted by molar-refractivity contribution is 5.93. The zero-order valence-electron chi connectivity index (χ0n) is 11.3. The molecule has 0 atom stereocenters. The maximum atomic E-state index is 11.4. The van der Waals surface area contributed by atoms with Gasteiger partial charge in [0.15, 0.2) is 5.82 Å². The molecule has 20 heavy (non-hydrogen) atoms. The van der Waals surface area contributed by atoms with Crippen LogP contribution < -0.4 is 10.5 Å². The summed E-state index contributed by atoms with van der Waals surface area (Å²) in [5.41, 5.74) is 6.66. The SMILES string of the molecule is CCOc1cccc(-c2ncc(C(=O)OC)c(N)n2)c1. The fourth-order valence-electron chi connectivity index (χ4n) is 1.69. The van der Waals surface area contributed by atoms with Crippen molar-refractivity contribution in [2.24, 2.45) is 0 Å². The number of anilines is 1. The van der Waals surface area contributed by atoms with Crippen LogP contribution in [0.2, 0.25) is 0 Å². The molecule has 104 valence electrons. The Kier molecular flexibility index (Phi) is 4.14. The predicted molar refractivity (Wildman–Crippen MR) is 74.4 cm³/mol. The molecule has 2 rings (SSSR count). The van der Waals surface area contributed by atoms with Gasteiger partial charge < -0.3 is 15.2 Å². The first-order chi connectivity index (χ1) is 9.65. The number of esters is 1. The molecule has 2 N–H and O–H groups in total. The van der Waals surface area contributed by atoms with E-state index in [0.717, 1.165) is 11.3 Å². The summed E-state index contributed by atoms with van der Waals surface area (Å²) in [4.78, 5) is 19.7. The van der Waals surface area contributed by atoms with Crippen LogP contribution in [0.25, 0.3) is 11.4 Å².